The largest absolute Gasteiger partial charge is 0.380 e. The first kappa shape index (κ1) is 11.5. The van der Waals surface area contributed by atoms with Gasteiger partial charge in [-0.1, -0.05) is 31.5 Å². The minimum atomic E-state index is -0.318. The van der Waals surface area contributed by atoms with Crippen LogP contribution in [0.25, 0.3) is 0 Å². The maximum Gasteiger partial charge on any atom is 0.145 e. The summed E-state index contributed by atoms with van der Waals surface area (Å²) >= 11 is 5.77. The third-order valence-corrected chi connectivity index (χ3v) is 2.32. The Balaban J connectivity index is 3.14. The van der Waals surface area contributed by atoms with E-state index in [9.17, 15) is 4.39 Å². The maximum atomic E-state index is 13.5. The van der Waals surface area contributed by atoms with Crippen molar-refractivity contribution in [1.29, 1.82) is 0 Å². The van der Waals surface area contributed by atoms with Crippen molar-refractivity contribution in [1.82, 2.24) is 0 Å². The Kier molecular flexibility index (Phi) is 3.90. The smallest absolute Gasteiger partial charge is 0.145 e. The molecule has 0 atom stereocenters. The zero-order chi connectivity index (χ0) is 10.7. The normalized spacial score (nSPS) is 11.0. The summed E-state index contributed by atoms with van der Waals surface area (Å²) in [6.07, 6.45) is 0. The molecule has 0 aliphatic rings. The van der Waals surface area contributed by atoms with Gasteiger partial charge < -0.3 is 4.74 Å². The molecular weight excluding hydrogens is 203 g/mol. The topological polar surface area (TPSA) is 9.23 Å². The van der Waals surface area contributed by atoms with Gasteiger partial charge in [0.1, 0.15) is 5.82 Å². The van der Waals surface area contributed by atoms with Crippen LogP contribution in [0, 0.1) is 5.82 Å². The molecule has 0 aliphatic carbocycles. The van der Waals surface area contributed by atoms with Gasteiger partial charge in [-0.05, 0) is 23.1 Å². The SMILES string of the molecule is COCc1cc(Cl)c(F)c(C(C)C)c1. The Bertz CT molecular complexity index is 323. The Labute approximate surface area is 88.8 Å². The van der Waals surface area contributed by atoms with Gasteiger partial charge in [-0.25, -0.2) is 4.39 Å². The van der Waals surface area contributed by atoms with Gasteiger partial charge in [-0.3, -0.25) is 0 Å². The molecule has 1 rings (SSSR count). The van der Waals surface area contributed by atoms with Gasteiger partial charge in [0.15, 0.2) is 0 Å². The molecule has 0 saturated carbocycles. The Hall–Kier alpha value is -0.600. The quantitative estimate of drug-likeness (QED) is 0.748. The lowest BCUT2D eigenvalue weighted by atomic mass is 10.0. The van der Waals surface area contributed by atoms with Crippen LogP contribution in [0.2, 0.25) is 5.02 Å². The lowest BCUT2D eigenvalue weighted by Crippen LogP contribution is -1.98. The Morgan fingerprint density at radius 3 is 2.57 bits per heavy atom. The lowest BCUT2D eigenvalue weighted by molar-refractivity contribution is 0.184. The van der Waals surface area contributed by atoms with Crippen molar-refractivity contribution in [3.63, 3.8) is 0 Å². The van der Waals surface area contributed by atoms with Crippen molar-refractivity contribution in [3.05, 3.63) is 34.1 Å². The van der Waals surface area contributed by atoms with Crippen LogP contribution >= 0.6 is 11.6 Å². The summed E-state index contributed by atoms with van der Waals surface area (Å²) in [7, 11) is 1.60. The molecule has 78 valence electrons. The fraction of sp³-hybridized carbons (Fsp3) is 0.455. The van der Waals surface area contributed by atoms with Gasteiger partial charge in [0.2, 0.25) is 0 Å². The second kappa shape index (κ2) is 4.76. The molecule has 0 heterocycles. The summed E-state index contributed by atoms with van der Waals surface area (Å²) in [5, 5.41) is 0.170. The van der Waals surface area contributed by atoms with Crippen LogP contribution in [0.5, 0.6) is 0 Å². The molecule has 0 bridgehead atoms. The molecular formula is C11H14ClFO. The van der Waals surface area contributed by atoms with Crippen LogP contribution in [-0.2, 0) is 11.3 Å². The summed E-state index contributed by atoms with van der Waals surface area (Å²) < 4.78 is 18.5. The molecule has 1 aromatic rings. The van der Waals surface area contributed by atoms with Crippen molar-refractivity contribution >= 4 is 11.6 Å². The minimum Gasteiger partial charge on any atom is -0.380 e. The van der Waals surface area contributed by atoms with Crippen LogP contribution in [0.4, 0.5) is 4.39 Å². The predicted molar refractivity (Wildman–Crippen MR) is 56.2 cm³/mol. The maximum absolute atomic E-state index is 13.5. The number of ether oxygens (including phenoxy) is 1. The lowest BCUT2D eigenvalue weighted by Gasteiger charge is -2.10. The van der Waals surface area contributed by atoms with E-state index in [1.54, 1.807) is 19.2 Å². The van der Waals surface area contributed by atoms with Crippen molar-refractivity contribution in [2.24, 2.45) is 0 Å². The van der Waals surface area contributed by atoms with E-state index in [0.717, 1.165) is 5.56 Å². The highest BCUT2D eigenvalue weighted by Gasteiger charge is 2.11. The number of hydrogen-bond donors (Lipinski definition) is 0. The van der Waals surface area contributed by atoms with Gasteiger partial charge in [-0.15, -0.1) is 0 Å². The van der Waals surface area contributed by atoms with Crippen molar-refractivity contribution in [2.75, 3.05) is 7.11 Å². The molecule has 0 unspecified atom stereocenters. The van der Waals surface area contributed by atoms with Crippen molar-refractivity contribution < 1.29 is 9.13 Å². The molecule has 0 spiro atoms. The Morgan fingerprint density at radius 1 is 1.43 bits per heavy atom. The van der Waals surface area contributed by atoms with Crippen molar-refractivity contribution in [2.45, 2.75) is 26.4 Å². The number of benzene rings is 1. The molecule has 0 fully saturated rings. The van der Waals surface area contributed by atoms with E-state index >= 15 is 0 Å². The van der Waals surface area contributed by atoms with Gasteiger partial charge in [0.25, 0.3) is 0 Å². The van der Waals surface area contributed by atoms with E-state index in [2.05, 4.69) is 0 Å². The highest BCUT2D eigenvalue weighted by molar-refractivity contribution is 6.30. The van der Waals surface area contributed by atoms with Gasteiger partial charge in [0.05, 0.1) is 11.6 Å². The molecule has 0 saturated heterocycles. The summed E-state index contributed by atoms with van der Waals surface area (Å²) in [6, 6.07) is 3.40. The highest BCUT2D eigenvalue weighted by Crippen LogP contribution is 2.26. The number of methoxy groups -OCH3 is 1. The van der Waals surface area contributed by atoms with Gasteiger partial charge in [-0.2, -0.15) is 0 Å². The predicted octanol–water partition coefficient (Wildman–Crippen LogP) is 3.75. The highest BCUT2D eigenvalue weighted by atomic mass is 35.5. The zero-order valence-electron chi connectivity index (χ0n) is 8.60. The monoisotopic (exact) mass is 216 g/mol. The van der Waals surface area contributed by atoms with Crippen LogP contribution in [-0.4, -0.2) is 7.11 Å². The third kappa shape index (κ3) is 2.46. The van der Waals surface area contributed by atoms with Gasteiger partial charge in [0, 0.05) is 7.11 Å². The van der Waals surface area contributed by atoms with Crippen LogP contribution in [0.1, 0.15) is 30.9 Å². The van der Waals surface area contributed by atoms with E-state index in [1.165, 1.54) is 0 Å². The third-order valence-electron chi connectivity index (χ3n) is 2.05. The Morgan fingerprint density at radius 2 is 2.07 bits per heavy atom. The fourth-order valence-corrected chi connectivity index (χ4v) is 1.59. The van der Waals surface area contributed by atoms with Crippen molar-refractivity contribution in [3.8, 4) is 0 Å². The first-order valence-corrected chi connectivity index (χ1v) is 4.90. The number of hydrogen-bond acceptors (Lipinski definition) is 1. The van der Waals surface area contributed by atoms with E-state index < -0.39 is 0 Å². The molecule has 0 aromatic heterocycles. The average Bonchev–Trinajstić information content (AvgIpc) is 2.11. The van der Waals surface area contributed by atoms with Crippen LogP contribution < -0.4 is 0 Å². The molecule has 0 aliphatic heterocycles. The number of rotatable bonds is 3. The molecule has 0 amide bonds. The summed E-state index contributed by atoms with van der Waals surface area (Å²) in [4.78, 5) is 0. The fourth-order valence-electron chi connectivity index (χ4n) is 1.34. The minimum absolute atomic E-state index is 0.129. The van der Waals surface area contributed by atoms with E-state index in [4.69, 9.17) is 16.3 Å². The second-order valence-corrected chi connectivity index (χ2v) is 3.98. The van der Waals surface area contributed by atoms with E-state index in [1.807, 2.05) is 13.8 Å². The first-order chi connectivity index (χ1) is 6.56. The van der Waals surface area contributed by atoms with Crippen LogP contribution in [0.15, 0.2) is 12.1 Å². The molecule has 1 aromatic carbocycles. The standard InChI is InChI=1S/C11H14ClFO/c1-7(2)9-4-8(6-14-3)5-10(12)11(9)13/h4-5,7H,6H2,1-3H3. The van der Waals surface area contributed by atoms with Crippen LogP contribution in [0.3, 0.4) is 0 Å². The van der Waals surface area contributed by atoms with E-state index in [0.29, 0.717) is 12.2 Å². The molecule has 0 radical (unpaired) electrons. The summed E-state index contributed by atoms with van der Waals surface area (Å²) in [6.45, 7) is 4.33. The zero-order valence-corrected chi connectivity index (χ0v) is 9.36. The van der Waals surface area contributed by atoms with E-state index in [-0.39, 0.29) is 16.8 Å². The molecule has 1 nitrogen and oxygen atoms in total. The molecule has 3 heteroatoms. The summed E-state index contributed by atoms with van der Waals surface area (Å²) in [5.74, 6) is -0.189. The molecule has 14 heavy (non-hydrogen) atoms. The molecule has 0 N–H and O–H groups in total. The second-order valence-electron chi connectivity index (χ2n) is 3.57. The van der Waals surface area contributed by atoms with Gasteiger partial charge >= 0.3 is 0 Å². The first-order valence-electron chi connectivity index (χ1n) is 4.53. The summed E-state index contributed by atoms with van der Waals surface area (Å²) in [5.41, 5.74) is 1.55. The average molecular weight is 217 g/mol. The number of halogens is 2.